The Balaban J connectivity index is 1.58. The van der Waals surface area contributed by atoms with E-state index in [1.54, 1.807) is 0 Å². The molecule has 1 aliphatic rings. The topological polar surface area (TPSA) is 23.6 Å². The molecule has 3 rings (SSSR count). The first-order valence-corrected chi connectivity index (χ1v) is 9.11. The van der Waals surface area contributed by atoms with Gasteiger partial charge in [-0.3, -0.25) is 9.69 Å². The fourth-order valence-corrected chi connectivity index (χ4v) is 4.02. The Kier molecular flexibility index (Phi) is 5.13. The van der Waals surface area contributed by atoms with Crippen molar-refractivity contribution in [3.05, 3.63) is 57.3 Å². The molecule has 122 valence electrons. The molecule has 1 fully saturated rings. The predicted molar refractivity (Wildman–Crippen MR) is 95.8 cm³/mol. The highest BCUT2D eigenvalue weighted by atomic mass is 32.1. The van der Waals surface area contributed by atoms with E-state index in [2.05, 4.69) is 42.5 Å². The summed E-state index contributed by atoms with van der Waals surface area (Å²) in [4.78, 5) is 18.0. The van der Waals surface area contributed by atoms with Gasteiger partial charge in [0.15, 0.2) is 0 Å². The summed E-state index contributed by atoms with van der Waals surface area (Å²) in [6.07, 6.45) is 2.27. The lowest BCUT2D eigenvalue weighted by Gasteiger charge is -2.18. The molecule has 0 spiro atoms. The van der Waals surface area contributed by atoms with E-state index in [4.69, 9.17) is 0 Å². The summed E-state index contributed by atoms with van der Waals surface area (Å²) < 4.78 is 0. The Morgan fingerprint density at radius 3 is 2.43 bits per heavy atom. The standard InChI is InChI=1S/C19H24N2OS/c1-15-9-12-23-18(15)14-20(2)13-16-5-7-17(8-6-16)19(22)21-10-3-4-11-21/h5-9,12H,3-4,10-11,13-14H2,1-2H3. The third kappa shape index (κ3) is 4.01. The lowest BCUT2D eigenvalue weighted by Crippen LogP contribution is -2.27. The van der Waals surface area contributed by atoms with Gasteiger partial charge in [-0.2, -0.15) is 0 Å². The molecule has 1 amide bonds. The maximum atomic E-state index is 12.3. The van der Waals surface area contributed by atoms with Crippen molar-refractivity contribution in [1.29, 1.82) is 0 Å². The predicted octanol–water partition coefficient (Wildman–Crippen LogP) is 3.92. The minimum atomic E-state index is 0.177. The van der Waals surface area contributed by atoms with Gasteiger partial charge in [0.25, 0.3) is 5.91 Å². The summed E-state index contributed by atoms with van der Waals surface area (Å²) in [5.74, 6) is 0.177. The molecule has 0 radical (unpaired) electrons. The van der Waals surface area contributed by atoms with E-state index >= 15 is 0 Å². The molecule has 1 aromatic heterocycles. The molecule has 0 unspecified atom stereocenters. The molecule has 0 saturated carbocycles. The van der Waals surface area contributed by atoms with Gasteiger partial charge in [-0.15, -0.1) is 11.3 Å². The van der Waals surface area contributed by atoms with Crippen LogP contribution in [0.5, 0.6) is 0 Å². The average molecular weight is 328 g/mol. The van der Waals surface area contributed by atoms with Gasteiger partial charge in [0.1, 0.15) is 0 Å². The van der Waals surface area contributed by atoms with Gasteiger partial charge in [0.2, 0.25) is 0 Å². The third-order valence-corrected chi connectivity index (χ3v) is 5.44. The molecule has 2 heterocycles. The van der Waals surface area contributed by atoms with Crippen LogP contribution in [0.3, 0.4) is 0 Å². The summed E-state index contributed by atoms with van der Waals surface area (Å²) >= 11 is 1.82. The van der Waals surface area contributed by atoms with E-state index in [1.807, 2.05) is 28.4 Å². The van der Waals surface area contributed by atoms with E-state index in [9.17, 15) is 4.79 Å². The molecule has 0 bridgehead atoms. The van der Waals surface area contributed by atoms with Gasteiger partial charge >= 0.3 is 0 Å². The Labute approximate surface area is 142 Å². The zero-order valence-corrected chi connectivity index (χ0v) is 14.7. The van der Waals surface area contributed by atoms with Crippen molar-refractivity contribution in [3.63, 3.8) is 0 Å². The van der Waals surface area contributed by atoms with E-state index in [0.717, 1.165) is 44.6 Å². The molecular formula is C19H24N2OS. The molecule has 0 N–H and O–H groups in total. The summed E-state index contributed by atoms with van der Waals surface area (Å²) in [5, 5.41) is 2.15. The first-order chi connectivity index (χ1) is 11.1. The second kappa shape index (κ2) is 7.28. The molecule has 1 aromatic carbocycles. The minimum absolute atomic E-state index is 0.177. The van der Waals surface area contributed by atoms with E-state index < -0.39 is 0 Å². The maximum absolute atomic E-state index is 12.3. The van der Waals surface area contributed by atoms with Crippen LogP contribution in [0.2, 0.25) is 0 Å². The molecule has 1 aliphatic heterocycles. The van der Waals surface area contributed by atoms with Crippen LogP contribution in [0.25, 0.3) is 0 Å². The first kappa shape index (κ1) is 16.2. The summed E-state index contributed by atoms with van der Waals surface area (Å²) in [7, 11) is 2.14. The fraction of sp³-hybridized carbons (Fsp3) is 0.421. The number of hydrogen-bond acceptors (Lipinski definition) is 3. The largest absolute Gasteiger partial charge is 0.339 e. The number of benzene rings is 1. The van der Waals surface area contributed by atoms with Crippen molar-refractivity contribution in [1.82, 2.24) is 9.80 Å². The molecule has 4 heteroatoms. The first-order valence-electron chi connectivity index (χ1n) is 8.23. The number of hydrogen-bond donors (Lipinski definition) is 0. The normalized spacial score (nSPS) is 14.7. The van der Waals surface area contributed by atoms with Crippen LogP contribution in [0.15, 0.2) is 35.7 Å². The number of carbonyl (C=O) groups is 1. The molecule has 3 nitrogen and oxygen atoms in total. The van der Waals surface area contributed by atoms with Crippen molar-refractivity contribution < 1.29 is 4.79 Å². The fourth-order valence-electron chi connectivity index (χ4n) is 3.03. The Morgan fingerprint density at radius 2 is 1.83 bits per heavy atom. The van der Waals surface area contributed by atoms with Crippen LogP contribution in [0.1, 0.15) is 39.2 Å². The van der Waals surface area contributed by atoms with E-state index in [0.29, 0.717) is 0 Å². The van der Waals surface area contributed by atoms with Gasteiger partial charge in [0, 0.05) is 36.6 Å². The van der Waals surface area contributed by atoms with Gasteiger partial charge in [-0.25, -0.2) is 0 Å². The number of nitrogens with zero attached hydrogens (tertiary/aromatic N) is 2. The Morgan fingerprint density at radius 1 is 1.13 bits per heavy atom. The molecule has 0 aliphatic carbocycles. The zero-order chi connectivity index (χ0) is 16.2. The highest BCUT2D eigenvalue weighted by molar-refractivity contribution is 7.10. The molecule has 1 saturated heterocycles. The van der Waals surface area contributed by atoms with Crippen LogP contribution < -0.4 is 0 Å². The van der Waals surface area contributed by atoms with Gasteiger partial charge in [-0.1, -0.05) is 12.1 Å². The van der Waals surface area contributed by atoms with Crippen molar-refractivity contribution in [2.45, 2.75) is 32.9 Å². The SMILES string of the molecule is Cc1ccsc1CN(C)Cc1ccc(C(=O)N2CCCC2)cc1. The van der Waals surface area contributed by atoms with Crippen molar-refractivity contribution >= 4 is 17.2 Å². The number of likely N-dealkylation sites (tertiary alicyclic amines) is 1. The van der Waals surface area contributed by atoms with Crippen LogP contribution in [0.4, 0.5) is 0 Å². The molecule has 23 heavy (non-hydrogen) atoms. The zero-order valence-electron chi connectivity index (χ0n) is 13.9. The van der Waals surface area contributed by atoms with Crippen LogP contribution >= 0.6 is 11.3 Å². The van der Waals surface area contributed by atoms with E-state index in [1.165, 1.54) is 16.0 Å². The Bertz CT molecular complexity index is 656. The monoisotopic (exact) mass is 328 g/mol. The summed E-state index contributed by atoms with van der Waals surface area (Å²) in [5.41, 5.74) is 3.43. The number of amides is 1. The summed E-state index contributed by atoms with van der Waals surface area (Å²) in [6, 6.07) is 10.3. The van der Waals surface area contributed by atoms with Gasteiger partial charge in [0.05, 0.1) is 0 Å². The van der Waals surface area contributed by atoms with Crippen LogP contribution in [-0.4, -0.2) is 35.8 Å². The van der Waals surface area contributed by atoms with Crippen LogP contribution in [-0.2, 0) is 13.1 Å². The number of aryl methyl sites for hydroxylation is 1. The van der Waals surface area contributed by atoms with Crippen molar-refractivity contribution in [2.75, 3.05) is 20.1 Å². The summed E-state index contributed by atoms with van der Waals surface area (Å²) in [6.45, 7) is 5.85. The smallest absolute Gasteiger partial charge is 0.253 e. The minimum Gasteiger partial charge on any atom is -0.339 e. The lowest BCUT2D eigenvalue weighted by atomic mass is 10.1. The molecule has 2 aromatic rings. The highest BCUT2D eigenvalue weighted by Crippen LogP contribution is 2.19. The Hall–Kier alpha value is -1.65. The van der Waals surface area contributed by atoms with E-state index in [-0.39, 0.29) is 5.91 Å². The number of carbonyl (C=O) groups excluding carboxylic acids is 1. The number of rotatable bonds is 5. The van der Waals surface area contributed by atoms with Gasteiger partial charge in [-0.05, 0) is 61.5 Å². The highest BCUT2D eigenvalue weighted by Gasteiger charge is 2.19. The number of thiophene rings is 1. The van der Waals surface area contributed by atoms with Crippen molar-refractivity contribution in [3.8, 4) is 0 Å². The second-order valence-corrected chi connectivity index (χ2v) is 7.40. The lowest BCUT2D eigenvalue weighted by molar-refractivity contribution is 0.0793. The molecular weight excluding hydrogens is 304 g/mol. The third-order valence-electron chi connectivity index (χ3n) is 4.43. The quantitative estimate of drug-likeness (QED) is 0.830. The maximum Gasteiger partial charge on any atom is 0.253 e. The second-order valence-electron chi connectivity index (χ2n) is 6.40. The van der Waals surface area contributed by atoms with Crippen LogP contribution in [0, 0.1) is 6.92 Å². The van der Waals surface area contributed by atoms with Gasteiger partial charge < -0.3 is 4.90 Å². The average Bonchev–Trinajstić information content (AvgIpc) is 3.20. The molecule has 0 atom stereocenters. The van der Waals surface area contributed by atoms with Crippen molar-refractivity contribution in [2.24, 2.45) is 0 Å².